The number of thiazole rings is 1. The molecule has 78 valence electrons. The Kier molecular flexibility index (Phi) is 2.26. The van der Waals surface area contributed by atoms with Gasteiger partial charge in [0.25, 0.3) is 0 Å². The predicted octanol–water partition coefficient (Wildman–Crippen LogP) is 1.47. The molecule has 0 aromatic carbocycles. The van der Waals surface area contributed by atoms with E-state index in [-0.39, 0.29) is 0 Å². The van der Waals surface area contributed by atoms with E-state index in [4.69, 9.17) is 0 Å². The lowest BCUT2D eigenvalue weighted by Gasteiger charge is -2.11. The molecule has 1 atom stereocenters. The van der Waals surface area contributed by atoms with Crippen molar-refractivity contribution in [3.8, 4) is 0 Å². The van der Waals surface area contributed by atoms with Gasteiger partial charge in [-0.15, -0.1) is 11.3 Å². The molecule has 3 rings (SSSR count). The summed E-state index contributed by atoms with van der Waals surface area (Å²) in [5, 5.41) is 6.75. The fraction of sp³-hybridized carbons (Fsp3) is 0.400. The highest BCUT2D eigenvalue weighted by molar-refractivity contribution is 7.16. The van der Waals surface area contributed by atoms with Crippen LogP contribution >= 0.6 is 11.3 Å². The summed E-state index contributed by atoms with van der Waals surface area (Å²) in [4.78, 5) is 9.73. The van der Waals surface area contributed by atoms with Gasteiger partial charge in [-0.1, -0.05) is 0 Å². The van der Waals surface area contributed by atoms with Gasteiger partial charge in [0.05, 0.1) is 5.51 Å². The third kappa shape index (κ3) is 1.80. The van der Waals surface area contributed by atoms with E-state index in [1.807, 2.05) is 17.6 Å². The minimum absolute atomic E-state index is 0.517. The first-order chi connectivity index (χ1) is 7.42. The molecule has 0 amide bonds. The molecule has 3 heterocycles. The summed E-state index contributed by atoms with van der Waals surface area (Å²) >= 11 is 1.58. The van der Waals surface area contributed by atoms with Crippen LogP contribution in [-0.4, -0.2) is 29.1 Å². The monoisotopic (exact) mass is 220 g/mol. The molecule has 15 heavy (non-hydrogen) atoms. The van der Waals surface area contributed by atoms with Crippen molar-refractivity contribution in [2.75, 3.05) is 18.4 Å². The van der Waals surface area contributed by atoms with Crippen LogP contribution in [0.25, 0.3) is 10.3 Å². The first kappa shape index (κ1) is 9.06. The van der Waals surface area contributed by atoms with E-state index in [0.717, 1.165) is 29.3 Å². The number of nitrogens with zero attached hydrogens (tertiary/aromatic N) is 2. The van der Waals surface area contributed by atoms with Gasteiger partial charge in [-0.2, -0.15) is 0 Å². The highest BCUT2D eigenvalue weighted by atomic mass is 32.1. The zero-order valence-corrected chi connectivity index (χ0v) is 9.05. The molecule has 1 saturated heterocycles. The molecule has 0 radical (unpaired) electrons. The van der Waals surface area contributed by atoms with Crippen molar-refractivity contribution in [1.29, 1.82) is 0 Å². The van der Waals surface area contributed by atoms with E-state index < -0.39 is 0 Å². The summed E-state index contributed by atoms with van der Waals surface area (Å²) in [6.07, 6.45) is 1.17. The maximum atomic E-state index is 4.52. The number of rotatable bonds is 2. The number of hydrogen-bond donors (Lipinski definition) is 2. The SMILES string of the molecule is c1nc2ccc(NC3CCNC3)nc2s1. The molecule has 0 spiro atoms. The lowest BCUT2D eigenvalue weighted by molar-refractivity contribution is 0.789. The van der Waals surface area contributed by atoms with Gasteiger partial charge in [0, 0.05) is 12.6 Å². The van der Waals surface area contributed by atoms with Gasteiger partial charge >= 0.3 is 0 Å². The molecule has 2 aromatic heterocycles. The summed E-state index contributed by atoms with van der Waals surface area (Å²) in [6, 6.07) is 4.53. The van der Waals surface area contributed by atoms with Gasteiger partial charge in [-0.3, -0.25) is 0 Å². The van der Waals surface area contributed by atoms with E-state index in [2.05, 4.69) is 20.6 Å². The molecule has 4 nitrogen and oxygen atoms in total. The third-order valence-corrected chi connectivity index (χ3v) is 3.34. The Morgan fingerprint density at radius 1 is 1.47 bits per heavy atom. The second kappa shape index (κ2) is 3.75. The van der Waals surface area contributed by atoms with Crippen molar-refractivity contribution in [2.24, 2.45) is 0 Å². The summed E-state index contributed by atoms with van der Waals surface area (Å²) in [7, 11) is 0. The highest BCUT2D eigenvalue weighted by Gasteiger charge is 2.14. The first-order valence-corrected chi connectivity index (χ1v) is 5.97. The van der Waals surface area contributed by atoms with Crippen LogP contribution in [0.2, 0.25) is 0 Å². The van der Waals surface area contributed by atoms with Crippen molar-refractivity contribution in [1.82, 2.24) is 15.3 Å². The van der Waals surface area contributed by atoms with Gasteiger partial charge in [0.15, 0.2) is 0 Å². The van der Waals surface area contributed by atoms with Crippen molar-refractivity contribution < 1.29 is 0 Å². The zero-order valence-electron chi connectivity index (χ0n) is 8.23. The van der Waals surface area contributed by atoms with Gasteiger partial charge in [0.2, 0.25) is 0 Å². The average Bonchev–Trinajstić information content (AvgIpc) is 2.87. The lowest BCUT2D eigenvalue weighted by Crippen LogP contribution is -2.22. The summed E-state index contributed by atoms with van der Waals surface area (Å²) in [6.45, 7) is 2.13. The molecular weight excluding hydrogens is 208 g/mol. The van der Waals surface area contributed by atoms with Crippen LogP contribution in [-0.2, 0) is 0 Å². The Balaban J connectivity index is 1.84. The van der Waals surface area contributed by atoms with Crippen LogP contribution < -0.4 is 10.6 Å². The van der Waals surface area contributed by atoms with Crippen LogP contribution in [0.1, 0.15) is 6.42 Å². The van der Waals surface area contributed by atoms with E-state index in [1.54, 1.807) is 11.3 Å². The second-order valence-electron chi connectivity index (χ2n) is 3.71. The van der Waals surface area contributed by atoms with Crippen LogP contribution in [0.5, 0.6) is 0 Å². The maximum absolute atomic E-state index is 4.52. The largest absolute Gasteiger partial charge is 0.366 e. The average molecular weight is 220 g/mol. The second-order valence-corrected chi connectivity index (χ2v) is 4.54. The lowest BCUT2D eigenvalue weighted by atomic mass is 10.2. The van der Waals surface area contributed by atoms with E-state index in [1.165, 1.54) is 6.42 Å². The van der Waals surface area contributed by atoms with E-state index >= 15 is 0 Å². The van der Waals surface area contributed by atoms with Crippen molar-refractivity contribution in [2.45, 2.75) is 12.5 Å². The van der Waals surface area contributed by atoms with Crippen LogP contribution in [0.4, 0.5) is 5.82 Å². The molecule has 2 aromatic rings. The fourth-order valence-corrected chi connectivity index (χ4v) is 2.48. The standard InChI is InChI=1S/C10H12N4S/c1-2-9(13-7-3-4-11-5-7)14-10-8(1)12-6-15-10/h1-2,6-7,11H,3-5H2,(H,13,14). The molecular formula is C10H12N4S. The maximum Gasteiger partial charge on any atom is 0.145 e. The zero-order chi connectivity index (χ0) is 10.1. The molecule has 0 aliphatic carbocycles. The third-order valence-electron chi connectivity index (χ3n) is 2.61. The van der Waals surface area contributed by atoms with Crippen molar-refractivity contribution in [3.05, 3.63) is 17.6 Å². The number of pyridine rings is 1. The molecule has 0 saturated carbocycles. The summed E-state index contributed by atoms with van der Waals surface area (Å²) < 4.78 is 0. The molecule has 5 heteroatoms. The quantitative estimate of drug-likeness (QED) is 0.804. The Hall–Kier alpha value is -1.20. The topological polar surface area (TPSA) is 49.8 Å². The number of anilines is 1. The van der Waals surface area contributed by atoms with Gasteiger partial charge in [-0.25, -0.2) is 9.97 Å². The number of nitrogens with one attached hydrogen (secondary N) is 2. The Bertz CT molecular complexity index is 461. The minimum Gasteiger partial charge on any atom is -0.366 e. The van der Waals surface area contributed by atoms with E-state index in [0.29, 0.717) is 6.04 Å². The van der Waals surface area contributed by atoms with Crippen molar-refractivity contribution in [3.63, 3.8) is 0 Å². The van der Waals surface area contributed by atoms with Gasteiger partial charge in [-0.05, 0) is 25.1 Å². The van der Waals surface area contributed by atoms with Crippen LogP contribution in [0.15, 0.2) is 17.6 Å². The fourth-order valence-electron chi connectivity index (χ4n) is 1.82. The highest BCUT2D eigenvalue weighted by Crippen LogP contribution is 2.18. The predicted molar refractivity (Wildman–Crippen MR) is 62.3 cm³/mol. The molecule has 1 aliphatic rings. The molecule has 1 unspecified atom stereocenters. The number of hydrogen-bond acceptors (Lipinski definition) is 5. The Morgan fingerprint density at radius 3 is 3.33 bits per heavy atom. The normalized spacial score (nSPS) is 20.9. The van der Waals surface area contributed by atoms with Gasteiger partial charge < -0.3 is 10.6 Å². The van der Waals surface area contributed by atoms with Crippen LogP contribution in [0, 0.1) is 0 Å². The summed E-state index contributed by atoms with van der Waals surface area (Å²) in [5.41, 5.74) is 2.81. The minimum atomic E-state index is 0.517. The molecule has 2 N–H and O–H groups in total. The number of aromatic nitrogens is 2. The molecule has 1 fully saturated rings. The first-order valence-electron chi connectivity index (χ1n) is 5.09. The Morgan fingerprint density at radius 2 is 2.47 bits per heavy atom. The Labute approximate surface area is 91.7 Å². The van der Waals surface area contributed by atoms with Crippen LogP contribution in [0.3, 0.4) is 0 Å². The summed E-state index contributed by atoms with van der Waals surface area (Å²) in [5.74, 6) is 0.959. The van der Waals surface area contributed by atoms with Crippen molar-refractivity contribution >= 4 is 27.5 Å². The molecule has 1 aliphatic heterocycles. The smallest absolute Gasteiger partial charge is 0.145 e. The molecule has 0 bridgehead atoms. The van der Waals surface area contributed by atoms with E-state index in [9.17, 15) is 0 Å². The number of fused-ring (bicyclic) bond motifs is 1. The van der Waals surface area contributed by atoms with Gasteiger partial charge in [0.1, 0.15) is 16.2 Å².